The number of nitrogens with one attached hydrogen (secondary N) is 1. The van der Waals surface area contributed by atoms with Crippen molar-refractivity contribution in [2.24, 2.45) is 7.05 Å². The monoisotopic (exact) mass is 619 g/mol. The molecule has 13 heteroatoms. The fourth-order valence-corrected chi connectivity index (χ4v) is 5.89. The molecule has 0 saturated heterocycles. The van der Waals surface area contributed by atoms with Crippen molar-refractivity contribution in [3.63, 3.8) is 0 Å². The first kappa shape index (κ1) is 31.0. The largest absolute Gasteiger partial charge is 0.397 e. The van der Waals surface area contributed by atoms with Gasteiger partial charge in [-0.05, 0) is 66.1 Å². The number of rotatable bonds is 7. The molecule has 4 N–H and O–H groups in total. The van der Waals surface area contributed by atoms with Crippen LogP contribution in [-0.2, 0) is 32.0 Å². The summed E-state index contributed by atoms with van der Waals surface area (Å²) >= 11 is 0. The summed E-state index contributed by atoms with van der Waals surface area (Å²) in [6, 6.07) is 21.4. The first-order chi connectivity index (χ1) is 20.3. The second kappa shape index (κ2) is 12.9. The molecule has 5 aromatic rings. The number of aryl methyl sites for hydroxylation is 2. The molecule has 0 atom stereocenters. The minimum atomic E-state index is -4.03. The number of anilines is 2. The average Bonchev–Trinajstić information content (AvgIpc) is 3.63. The summed E-state index contributed by atoms with van der Waals surface area (Å²) in [6.07, 6.45) is 9.32. The number of amides is 1. The number of nitrogens with zero attached hydrogens (tertiary/aromatic N) is 3. The minimum absolute atomic E-state index is 0.0278. The molecule has 0 saturated carbocycles. The maximum Gasteiger partial charge on any atom is 0.294 e. The summed E-state index contributed by atoms with van der Waals surface area (Å²) in [5.74, 6) is -0.371. The molecule has 0 fully saturated rings. The van der Waals surface area contributed by atoms with Crippen LogP contribution in [0, 0.1) is 6.92 Å². The molecule has 0 bridgehead atoms. The van der Waals surface area contributed by atoms with Crippen molar-refractivity contribution in [1.29, 1.82) is 0 Å². The number of carbonyl (C=O) groups excluding carboxylic acids is 1. The molecule has 0 unspecified atom stereocenters. The number of aromatic nitrogens is 3. The van der Waals surface area contributed by atoms with Crippen molar-refractivity contribution in [2.45, 2.75) is 16.7 Å². The Morgan fingerprint density at radius 1 is 0.907 bits per heavy atom. The van der Waals surface area contributed by atoms with Crippen LogP contribution in [0.25, 0.3) is 17.2 Å². The summed E-state index contributed by atoms with van der Waals surface area (Å²) < 4.78 is 58.6. The summed E-state index contributed by atoms with van der Waals surface area (Å²) in [6.45, 7) is 1.63. The van der Waals surface area contributed by atoms with Gasteiger partial charge in [-0.25, -0.2) is 12.4 Å². The highest BCUT2D eigenvalue weighted by Gasteiger charge is 2.17. The summed E-state index contributed by atoms with van der Waals surface area (Å²) in [7, 11) is -5.97. The Morgan fingerprint density at radius 3 is 2.19 bits per heavy atom. The lowest BCUT2D eigenvalue weighted by molar-refractivity contribution is -0.111. The van der Waals surface area contributed by atoms with Crippen molar-refractivity contribution in [3.05, 3.63) is 121 Å². The van der Waals surface area contributed by atoms with Crippen LogP contribution in [0.4, 0.5) is 11.4 Å². The van der Waals surface area contributed by atoms with E-state index in [1.165, 1.54) is 30.6 Å². The summed E-state index contributed by atoms with van der Waals surface area (Å²) in [4.78, 5) is 12.3. The van der Waals surface area contributed by atoms with E-state index < -0.39 is 20.1 Å². The van der Waals surface area contributed by atoms with Gasteiger partial charge in [0.25, 0.3) is 20.1 Å². The molecular weight excluding hydrogens is 590 g/mol. The van der Waals surface area contributed by atoms with E-state index in [1.54, 1.807) is 90.6 Å². The Bertz CT molecular complexity index is 1990. The fourth-order valence-electron chi connectivity index (χ4n) is 3.95. The number of benzene rings is 3. The molecule has 0 radical (unpaired) electrons. The molecule has 0 spiro atoms. The number of hydrogen-bond acceptors (Lipinski definition) is 7. The van der Waals surface area contributed by atoms with Crippen LogP contribution in [0.2, 0.25) is 0 Å². The highest BCUT2D eigenvalue weighted by Crippen LogP contribution is 2.23. The molecular formula is C30H29N5O6S2. The van der Waals surface area contributed by atoms with Crippen molar-refractivity contribution < 1.29 is 26.2 Å². The number of nitrogen functional groups attached to an aromatic ring is 1. The van der Waals surface area contributed by atoms with Gasteiger partial charge in [-0.2, -0.15) is 13.5 Å². The normalized spacial score (nSPS) is 11.6. The molecule has 5 rings (SSSR count). The fraction of sp³-hybridized carbons (Fsp3) is 0.0667. The quantitative estimate of drug-likeness (QED) is 0.135. The number of nitrogens with two attached hydrogens (primary N) is 1. The van der Waals surface area contributed by atoms with Gasteiger partial charge in [0, 0.05) is 37.3 Å². The van der Waals surface area contributed by atoms with Crippen molar-refractivity contribution in [3.8, 4) is 11.1 Å². The van der Waals surface area contributed by atoms with Gasteiger partial charge in [0.05, 0.1) is 27.4 Å². The Kier molecular flexibility index (Phi) is 9.29. The van der Waals surface area contributed by atoms with Crippen molar-refractivity contribution >= 4 is 43.5 Å². The zero-order valence-corrected chi connectivity index (χ0v) is 24.8. The van der Waals surface area contributed by atoms with E-state index in [2.05, 4.69) is 10.4 Å². The van der Waals surface area contributed by atoms with Crippen LogP contribution in [0.3, 0.4) is 0 Å². The molecule has 0 aliphatic heterocycles. The highest BCUT2D eigenvalue weighted by atomic mass is 32.2. The van der Waals surface area contributed by atoms with Crippen LogP contribution < -0.4 is 11.1 Å². The Hall–Kier alpha value is -4.98. The van der Waals surface area contributed by atoms with Gasteiger partial charge in [-0.15, -0.1) is 0 Å². The van der Waals surface area contributed by atoms with Gasteiger partial charge < -0.3 is 11.1 Å². The van der Waals surface area contributed by atoms with E-state index >= 15 is 0 Å². The van der Waals surface area contributed by atoms with Gasteiger partial charge in [-0.1, -0.05) is 42.5 Å². The first-order valence-electron chi connectivity index (χ1n) is 12.7. The van der Waals surface area contributed by atoms with Crippen molar-refractivity contribution in [2.75, 3.05) is 11.1 Å². The Balaban J connectivity index is 0.000000324. The third-order valence-corrected chi connectivity index (χ3v) is 8.84. The molecule has 3 aromatic carbocycles. The van der Waals surface area contributed by atoms with E-state index in [-0.39, 0.29) is 15.7 Å². The van der Waals surface area contributed by atoms with Crippen LogP contribution in [0.1, 0.15) is 11.1 Å². The molecule has 0 aliphatic rings. The molecule has 0 aliphatic carbocycles. The van der Waals surface area contributed by atoms with Crippen LogP contribution in [0.15, 0.2) is 120 Å². The predicted molar refractivity (Wildman–Crippen MR) is 165 cm³/mol. The highest BCUT2D eigenvalue weighted by molar-refractivity contribution is 7.90. The zero-order chi connectivity index (χ0) is 31.2. The first-order valence-corrected chi connectivity index (χ1v) is 15.6. The average molecular weight is 620 g/mol. The minimum Gasteiger partial charge on any atom is -0.397 e. The van der Waals surface area contributed by atoms with Gasteiger partial charge >= 0.3 is 0 Å². The second-order valence-electron chi connectivity index (χ2n) is 9.36. The maximum absolute atomic E-state index is 12.9. The SMILES string of the molecule is Cc1ccccc1S(=O)(=O)O.Cn1cc(-c2ccc(S(=O)(=O)n3ccc(/C=C/C(=O)Nc4ccccc4N)c3)cc2)cn1. The zero-order valence-electron chi connectivity index (χ0n) is 23.2. The van der Waals surface area contributed by atoms with Crippen molar-refractivity contribution in [1.82, 2.24) is 13.8 Å². The van der Waals surface area contributed by atoms with E-state index in [0.717, 1.165) is 15.1 Å². The molecule has 222 valence electrons. The third-order valence-electron chi connectivity index (χ3n) is 6.18. The molecule has 43 heavy (non-hydrogen) atoms. The lowest BCUT2D eigenvalue weighted by Crippen LogP contribution is -2.10. The topological polar surface area (TPSA) is 166 Å². The van der Waals surface area contributed by atoms with Crippen LogP contribution in [-0.4, -0.2) is 41.0 Å². The molecule has 2 aromatic heterocycles. The smallest absolute Gasteiger partial charge is 0.294 e. The lowest BCUT2D eigenvalue weighted by atomic mass is 10.1. The number of carbonyl (C=O) groups is 1. The standard InChI is InChI=1S/C23H21N5O3S.C7H8O3S/c1-27-16-19(14-25-27)18-7-9-20(10-8-18)32(30,31)28-13-12-17(15-28)6-11-23(29)26-22-5-3-2-4-21(22)24;1-6-4-2-3-5-7(6)11(8,9)10/h2-16H,24H2,1H3,(H,26,29);2-5H,1H3,(H,8,9,10)/b11-6+;. The predicted octanol–water partition coefficient (Wildman–Crippen LogP) is 4.60. The maximum atomic E-state index is 12.9. The van der Waals surface area contributed by atoms with E-state index in [9.17, 15) is 21.6 Å². The summed E-state index contributed by atoms with van der Waals surface area (Å²) in [5, 5.41) is 6.81. The lowest BCUT2D eigenvalue weighted by Gasteiger charge is -2.06. The Labute approximate surface area is 249 Å². The second-order valence-corrected chi connectivity index (χ2v) is 12.6. The number of hydrogen-bond donors (Lipinski definition) is 3. The Morgan fingerprint density at radius 2 is 1.58 bits per heavy atom. The van der Waals surface area contributed by atoms with E-state index in [1.807, 2.05) is 13.2 Å². The van der Waals surface area contributed by atoms with Crippen LogP contribution in [0.5, 0.6) is 0 Å². The van der Waals surface area contributed by atoms with Gasteiger partial charge in [0.15, 0.2) is 0 Å². The van der Waals surface area contributed by atoms with E-state index in [4.69, 9.17) is 10.3 Å². The van der Waals surface area contributed by atoms with Gasteiger partial charge in [-0.3, -0.25) is 14.0 Å². The molecule has 11 nitrogen and oxygen atoms in total. The van der Waals surface area contributed by atoms with E-state index in [0.29, 0.717) is 22.5 Å². The van der Waals surface area contributed by atoms with Crippen LogP contribution >= 0.6 is 0 Å². The summed E-state index contributed by atoms with van der Waals surface area (Å²) in [5.41, 5.74) is 9.68. The molecule has 1 amide bonds. The third kappa shape index (κ3) is 7.86. The van der Waals surface area contributed by atoms with Gasteiger partial charge in [0.2, 0.25) is 5.91 Å². The number of para-hydroxylation sites is 2. The van der Waals surface area contributed by atoms with Gasteiger partial charge in [0.1, 0.15) is 0 Å². The molecule has 2 heterocycles.